The number of methoxy groups -OCH3 is 1. The fraction of sp³-hybridized carbons (Fsp3) is 1.00. The largest absolute Gasteiger partial charge is 0.392 e. The molecular formula is C46H82O3. The van der Waals surface area contributed by atoms with Gasteiger partial charge in [0, 0.05) is 12.5 Å². The first-order chi connectivity index (χ1) is 23.2. The molecule has 2 N–H and O–H groups in total. The molecule has 6 saturated carbocycles. The molecule has 3 nitrogen and oxygen atoms in total. The Hall–Kier alpha value is -0.120. The number of hydrogen-bond donors (Lipinski definition) is 2. The van der Waals surface area contributed by atoms with Crippen LogP contribution in [0.1, 0.15) is 171 Å². The summed E-state index contributed by atoms with van der Waals surface area (Å²) in [6, 6.07) is 0. The number of aliphatic hydroxyl groups excluding tert-OH is 2. The van der Waals surface area contributed by atoms with Crippen LogP contribution in [0.4, 0.5) is 0 Å². The van der Waals surface area contributed by atoms with E-state index in [9.17, 15) is 10.2 Å². The topological polar surface area (TPSA) is 49.7 Å². The molecule has 0 aromatic heterocycles. The van der Waals surface area contributed by atoms with Gasteiger partial charge in [0.15, 0.2) is 0 Å². The molecule has 0 aromatic carbocycles. The van der Waals surface area contributed by atoms with E-state index in [2.05, 4.69) is 62.3 Å². The van der Waals surface area contributed by atoms with E-state index < -0.39 is 0 Å². The van der Waals surface area contributed by atoms with Gasteiger partial charge in [-0.05, 0) is 152 Å². The van der Waals surface area contributed by atoms with Gasteiger partial charge in [-0.15, -0.1) is 0 Å². The van der Waals surface area contributed by atoms with Crippen LogP contribution in [-0.4, -0.2) is 35.6 Å². The second kappa shape index (κ2) is 15.0. The average molecular weight is 683 g/mol. The molecule has 0 radical (unpaired) electrons. The van der Waals surface area contributed by atoms with E-state index in [0.29, 0.717) is 47.5 Å². The number of aliphatic hydroxyl groups is 2. The third-order valence-electron chi connectivity index (χ3n) is 18.6. The average Bonchev–Trinajstić information content (AvgIpc) is 3.05. The van der Waals surface area contributed by atoms with Gasteiger partial charge in [-0.3, -0.25) is 0 Å². The van der Waals surface area contributed by atoms with Gasteiger partial charge in [-0.2, -0.15) is 0 Å². The third kappa shape index (κ3) is 6.90. The Morgan fingerprint density at radius 2 is 1.33 bits per heavy atom. The van der Waals surface area contributed by atoms with Crippen molar-refractivity contribution in [2.75, 3.05) is 7.11 Å². The molecule has 6 rings (SSSR count). The quantitative estimate of drug-likeness (QED) is 0.254. The number of ether oxygens (including phenoxy) is 1. The van der Waals surface area contributed by atoms with Crippen molar-refractivity contribution in [2.24, 2.45) is 93.2 Å². The zero-order chi connectivity index (χ0) is 35.5. The Balaban J connectivity index is 1.26. The minimum atomic E-state index is -0.300. The smallest absolute Gasteiger partial charge is 0.0634 e. The summed E-state index contributed by atoms with van der Waals surface area (Å²) in [5.41, 5.74) is 0.0797. The molecule has 49 heavy (non-hydrogen) atoms. The van der Waals surface area contributed by atoms with Crippen molar-refractivity contribution in [3.8, 4) is 0 Å². The summed E-state index contributed by atoms with van der Waals surface area (Å²) in [5.74, 6) is 7.88. The van der Waals surface area contributed by atoms with Gasteiger partial charge in [0.2, 0.25) is 0 Å². The van der Waals surface area contributed by atoms with Crippen LogP contribution >= 0.6 is 0 Å². The van der Waals surface area contributed by atoms with Gasteiger partial charge in [0.1, 0.15) is 0 Å². The molecule has 0 amide bonds. The van der Waals surface area contributed by atoms with Crippen molar-refractivity contribution >= 4 is 0 Å². The van der Waals surface area contributed by atoms with Gasteiger partial charge in [0.05, 0.1) is 18.3 Å². The molecule has 0 bridgehead atoms. The normalized spacial score (nSPS) is 53.4. The first kappa shape index (κ1) is 38.6. The van der Waals surface area contributed by atoms with Crippen molar-refractivity contribution in [1.29, 1.82) is 0 Å². The predicted octanol–water partition coefficient (Wildman–Crippen LogP) is 11.6. The lowest BCUT2D eigenvalue weighted by atomic mass is 9.33. The maximum atomic E-state index is 13.0. The highest BCUT2D eigenvalue weighted by molar-refractivity contribution is 5.18. The van der Waals surface area contributed by atoms with Gasteiger partial charge in [0.25, 0.3) is 0 Å². The van der Waals surface area contributed by atoms with Gasteiger partial charge in [-0.25, -0.2) is 0 Å². The second-order valence-corrected chi connectivity index (χ2v) is 21.3. The fourth-order valence-corrected chi connectivity index (χ4v) is 15.8. The Bertz CT molecular complexity index is 1070. The maximum absolute atomic E-state index is 13.0. The Morgan fingerprint density at radius 1 is 0.755 bits per heavy atom. The predicted molar refractivity (Wildman–Crippen MR) is 205 cm³/mol. The van der Waals surface area contributed by atoms with Crippen LogP contribution in [0.2, 0.25) is 0 Å². The highest BCUT2D eigenvalue weighted by atomic mass is 16.5. The molecule has 6 aliphatic rings. The zero-order valence-electron chi connectivity index (χ0n) is 34.1. The Kier molecular flexibility index (Phi) is 11.8. The van der Waals surface area contributed by atoms with E-state index in [4.69, 9.17) is 4.74 Å². The SMILES string of the molecule is CCC1CCC(CCC2CC(CCC3CCC(OC)CC3)C(C)C3C(O)C4C(C)C5(C)C(O)C(C(C)C)C(C)CC5(C)CC4(C)CC23)CC1. The molecule has 6 fully saturated rings. The standard InChI is InChI=1S/C46H82O3/c1-11-32-12-14-33(15-13-32)17-21-36-24-35(20-16-34-18-22-37(49-10)23-19-34)30(5)40-38(36)26-44(7)27-45(8)25-29(4)39(28(2)3)43(48)46(45,9)31(6)41(44)42(40)47/h28-43,47-48H,11-27H2,1-10H3. The Morgan fingerprint density at radius 3 is 1.90 bits per heavy atom. The Labute approximate surface area is 304 Å². The minimum absolute atomic E-state index is 0.104. The molecule has 0 aliphatic heterocycles. The number of rotatable bonds is 9. The molecule has 0 saturated heterocycles. The summed E-state index contributed by atoms with van der Waals surface area (Å²) >= 11 is 0. The van der Waals surface area contributed by atoms with E-state index in [0.717, 1.165) is 29.6 Å². The van der Waals surface area contributed by atoms with Gasteiger partial charge < -0.3 is 14.9 Å². The fourth-order valence-electron chi connectivity index (χ4n) is 15.8. The minimum Gasteiger partial charge on any atom is -0.392 e. The van der Waals surface area contributed by atoms with Crippen LogP contribution in [0.3, 0.4) is 0 Å². The van der Waals surface area contributed by atoms with Crippen molar-refractivity contribution in [3.63, 3.8) is 0 Å². The van der Waals surface area contributed by atoms with E-state index in [-0.39, 0.29) is 34.4 Å². The van der Waals surface area contributed by atoms with Crippen molar-refractivity contribution in [2.45, 2.75) is 190 Å². The summed E-state index contributed by atoms with van der Waals surface area (Å²) in [4.78, 5) is 0. The molecule has 0 aromatic rings. The molecule has 0 heterocycles. The summed E-state index contributed by atoms with van der Waals surface area (Å²) in [7, 11) is 1.90. The van der Waals surface area contributed by atoms with Crippen molar-refractivity contribution < 1.29 is 14.9 Å². The summed E-state index contributed by atoms with van der Waals surface area (Å²) < 4.78 is 5.72. The van der Waals surface area contributed by atoms with Crippen LogP contribution < -0.4 is 0 Å². The molecule has 14 unspecified atom stereocenters. The second-order valence-electron chi connectivity index (χ2n) is 21.3. The van der Waals surface area contributed by atoms with Gasteiger partial charge >= 0.3 is 0 Å². The lowest BCUT2D eigenvalue weighted by Crippen LogP contribution is -2.70. The summed E-state index contributed by atoms with van der Waals surface area (Å²) in [6.07, 6.45) is 23.0. The molecule has 14 atom stereocenters. The zero-order valence-corrected chi connectivity index (χ0v) is 34.1. The van der Waals surface area contributed by atoms with Crippen molar-refractivity contribution in [3.05, 3.63) is 0 Å². The molecular weight excluding hydrogens is 601 g/mol. The van der Waals surface area contributed by atoms with E-state index in [1.165, 1.54) is 109 Å². The lowest BCUT2D eigenvalue weighted by Gasteiger charge is -2.72. The molecule has 6 aliphatic carbocycles. The number of hydrogen-bond acceptors (Lipinski definition) is 3. The van der Waals surface area contributed by atoms with E-state index in [1.54, 1.807) is 0 Å². The summed E-state index contributed by atoms with van der Waals surface area (Å²) in [5, 5.41) is 25.4. The van der Waals surface area contributed by atoms with Crippen LogP contribution in [-0.2, 0) is 4.74 Å². The van der Waals surface area contributed by atoms with Crippen molar-refractivity contribution in [1.82, 2.24) is 0 Å². The molecule has 3 heteroatoms. The number of fused-ring (bicyclic) bond motifs is 3. The summed E-state index contributed by atoms with van der Waals surface area (Å²) in [6.45, 7) is 22.2. The van der Waals surface area contributed by atoms with Gasteiger partial charge in [-0.1, -0.05) is 107 Å². The van der Waals surface area contributed by atoms with E-state index in [1.807, 2.05) is 7.11 Å². The van der Waals surface area contributed by atoms with E-state index >= 15 is 0 Å². The van der Waals surface area contributed by atoms with Crippen LogP contribution in [0.5, 0.6) is 0 Å². The van der Waals surface area contributed by atoms with Crippen LogP contribution in [0.25, 0.3) is 0 Å². The van der Waals surface area contributed by atoms with Crippen LogP contribution in [0.15, 0.2) is 0 Å². The third-order valence-corrected chi connectivity index (χ3v) is 18.6. The molecule has 284 valence electrons. The maximum Gasteiger partial charge on any atom is 0.0634 e. The monoisotopic (exact) mass is 683 g/mol. The first-order valence-corrected chi connectivity index (χ1v) is 22.1. The highest BCUT2D eigenvalue weighted by Crippen LogP contribution is 2.73. The lowest BCUT2D eigenvalue weighted by molar-refractivity contribution is -0.278. The highest BCUT2D eigenvalue weighted by Gasteiger charge is 2.70. The molecule has 0 spiro atoms. The van der Waals surface area contributed by atoms with Crippen LogP contribution in [0, 0.1) is 93.2 Å². The first-order valence-electron chi connectivity index (χ1n) is 22.1.